The zero-order valence-electron chi connectivity index (χ0n) is 18.4. The SMILES string of the molecule is Cc1ccc(N(C)C(=O)CCc2ccc(OC(=O)c3ccc(N=C(N)N)cc3)cc2Cl)cc1. The van der Waals surface area contributed by atoms with Crippen molar-refractivity contribution in [1.29, 1.82) is 0 Å². The lowest BCUT2D eigenvalue weighted by molar-refractivity contribution is -0.118. The molecule has 3 rings (SSSR count). The highest BCUT2D eigenvalue weighted by Gasteiger charge is 2.14. The van der Waals surface area contributed by atoms with Gasteiger partial charge in [0.05, 0.1) is 11.3 Å². The van der Waals surface area contributed by atoms with Gasteiger partial charge in [-0.1, -0.05) is 35.4 Å². The fourth-order valence-corrected chi connectivity index (χ4v) is 3.37. The number of hydrogen-bond donors (Lipinski definition) is 2. The number of guanidine groups is 1. The van der Waals surface area contributed by atoms with E-state index >= 15 is 0 Å². The van der Waals surface area contributed by atoms with Crippen LogP contribution in [0, 0.1) is 6.92 Å². The maximum Gasteiger partial charge on any atom is 0.343 e. The number of amides is 1. The molecule has 0 aromatic heterocycles. The summed E-state index contributed by atoms with van der Waals surface area (Å²) in [6, 6.07) is 19.1. The first-order chi connectivity index (χ1) is 15.7. The van der Waals surface area contributed by atoms with Crippen LogP contribution in [-0.4, -0.2) is 24.9 Å². The maximum atomic E-state index is 12.6. The van der Waals surface area contributed by atoms with E-state index in [9.17, 15) is 9.59 Å². The summed E-state index contributed by atoms with van der Waals surface area (Å²) in [6.07, 6.45) is 0.764. The van der Waals surface area contributed by atoms with E-state index in [2.05, 4.69) is 4.99 Å². The minimum Gasteiger partial charge on any atom is -0.423 e. The van der Waals surface area contributed by atoms with Crippen molar-refractivity contribution in [2.45, 2.75) is 19.8 Å². The van der Waals surface area contributed by atoms with E-state index in [1.54, 1.807) is 54.4 Å². The van der Waals surface area contributed by atoms with Crippen LogP contribution >= 0.6 is 11.6 Å². The molecule has 0 saturated carbocycles. The molecule has 7 nitrogen and oxygen atoms in total. The molecule has 4 N–H and O–H groups in total. The molecule has 8 heteroatoms. The minimum atomic E-state index is -0.537. The van der Waals surface area contributed by atoms with Gasteiger partial charge in [-0.3, -0.25) is 4.79 Å². The third kappa shape index (κ3) is 6.57. The highest BCUT2D eigenvalue weighted by Crippen LogP contribution is 2.25. The number of anilines is 1. The number of ether oxygens (including phenoxy) is 1. The van der Waals surface area contributed by atoms with Gasteiger partial charge in [0.2, 0.25) is 5.91 Å². The predicted octanol–water partition coefficient (Wildman–Crippen LogP) is 4.37. The number of carbonyl (C=O) groups excluding carboxylic acids is 2. The third-order valence-electron chi connectivity index (χ3n) is 5.00. The van der Waals surface area contributed by atoms with Crippen molar-refractivity contribution < 1.29 is 14.3 Å². The molecule has 0 aliphatic carbocycles. The number of carbonyl (C=O) groups is 2. The van der Waals surface area contributed by atoms with E-state index in [-0.39, 0.29) is 11.9 Å². The van der Waals surface area contributed by atoms with Gasteiger partial charge in [0.1, 0.15) is 5.75 Å². The van der Waals surface area contributed by atoms with Crippen LogP contribution in [0.1, 0.15) is 27.9 Å². The molecule has 0 bridgehead atoms. The van der Waals surface area contributed by atoms with Crippen molar-refractivity contribution in [2.75, 3.05) is 11.9 Å². The lowest BCUT2D eigenvalue weighted by atomic mass is 10.1. The van der Waals surface area contributed by atoms with Crippen molar-refractivity contribution >= 4 is 40.8 Å². The van der Waals surface area contributed by atoms with Crippen LogP contribution in [0.3, 0.4) is 0 Å². The Balaban J connectivity index is 1.59. The molecule has 1 amide bonds. The Morgan fingerprint density at radius 2 is 1.67 bits per heavy atom. The number of benzene rings is 3. The average molecular weight is 465 g/mol. The molecule has 0 fully saturated rings. The van der Waals surface area contributed by atoms with E-state index in [0.717, 1.165) is 16.8 Å². The van der Waals surface area contributed by atoms with Gasteiger partial charge in [-0.2, -0.15) is 0 Å². The molecule has 170 valence electrons. The van der Waals surface area contributed by atoms with E-state index in [0.29, 0.717) is 34.9 Å². The van der Waals surface area contributed by atoms with Crippen LogP contribution in [0.2, 0.25) is 5.02 Å². The van der Waals surface area contributed by atoms with Gasteiger partial charge < -0.3 is 21.1 Å². The molecule has 0 aliphatic rings. The van der Waals surface area contributed by atoms with Gasteiger partial charge in [0, 0.05) is 24.2 Å². The first-order valence-electron chi connectivity index (χ1n) is 10.3. The van der Waals surface area contributed by atoms with Crippen LogP contribution in [-0.2, 0) is 11.2 Å². The topological polar surface area (TPSA) is 111 Å². The number of halogens is 1. The monoisotopic (exact) mass is 464 g/mol. The summed E-state index contributed by atoms with van der Waals surface area (Å²) < 4.78 is 5.40. The molecule has 33 heavy (non-hydrogen) atoms. The van der Waals surface area contributed by atoms with Gasteiger partial charge in [-0.05, 0) is 67.4 Å². The molecule has 0 saturated heterocycles. The summed E-state index contributed by atoms with van der Waals surface area (Å²) in [6.45, 7) is 2.00. The fraction of sp³-hybridized carbons (Fsp3) is 0.160. The summed E-state index contributed by atoms with van der Waals surface area (Å²) in [5.41, 5.74) is 14.3. The maximum absolute atomic E-state index is 12.6. The first-order valence-corrected chi connectivity index (χ1v) is 10.6. The summed E-state index contributed by atoms with van der Waals surface area (Å²) in [4.78, 5) is 30.5. The summed E-state index contributed by atoms with van der Waals surface area (Å²) in [5.74, 6) is -0.312. The Kier molecular flexibility index (Phi) is 7.69. The number of esters is 1. The standard InChI is InChI=1S/C25H25ClN4O3/c1-16-3-11-20(12-4-16)30(2)23(31)14-8-17-7-13-21(15-22(17)26)33-24(32)18-5-9-19(10-6-18)29-25(27)28/h3-7,9-13,15H,8,14H2,1-2H3,(H4,27,28,29). The molecule has 0 heterocycles. The number of nitrogens with two attached hydrogens (primary N) is 2. The molecule has 3 aromatic carbocycles. The molecular formula is C25H25ClN4O3. The normalized spacial score (nSPS) is 10.4. The zero-order valence-corrected chi connectivity index (χ0v) is 19.2. The lowest BCUT2D eigenvalue weighted by Gasteiger charge is -2.18. The van der Waals surface area contributed by atoms with Crippen LogP contribution < -0.4 is 21.1 Å². The van der Waals surface area contributed by atoms with Gasteiger partial charge >= 0.3 is 5.97 Å². The Labute approximate surface area is 197 Å². The molecule has 0 spiro atoms. The smallest absolute Gasteiger partial charge is 0.343 e. The van der Waals surface area contributed by atoms with Crippen molar-refractivity contribution in [1.82, 2.24) is 0 Å². The van der Waals surface area contributed by atoms with Crippen LogP contribution in [0.5, 0.6) is 5.75 Å². The van der Waals surface area contributed by atoms with E-state index in [1.807, 2.05) is 31.2 Å². The van der Waals surface area contributed by atoms with E-state index in [4.69, 9.17) is 27.8 Å². The second-order valence-corrected chi connectivity index (χ2v) is 7.92. The van der Waals surface area contributed by atoms with Crippen LogP contribution in [0.25, 0.3) is 0 Å². The first kappa shape index (κ1) is 23.8. The zero-order chi connectivity index (χ0) is 24.0. The number of aryl methyl sites for hydroxylation is 2. The Morgan fingerprint density at radius 3 is 2.27 bits per heavy atom. The Hall–Kier alpha value is -3.84. The second kappa shape index (κ2) is 10.7. The quantitative estimate of drug-likeness (QED) is 0.233. The molecule has 0 unspecified atom stereocenters. The van der Waals surface area contributed by atoms with Crippen molar-refractivity contribution in [2.24, 2.45) is 16.5 Å². The molecule has 0 radical (unpaired) electrons. The lowest BCUT2D eigenvalue weighted by Crippen LogP contribution is -2.26. The van der Waals surface area contributed by atoms with Gasteiger partial charge in [0.15, 0.2) is 5.96 Å². The molecule has 0 aliphatic heterocycles. The van der Waals surface area contributed by atoms with Gasteiger partial charge in [0.25, 0.3) is 0 Å². The number of hydrogen-bond acceptors (Lipinski definition) is 4. The summed E-state index contributed by atoms with van der Waals surface area (Å²) in [7, 11) is 1.75. The van der Waals surface area contributed by atoms with Crippen molar-refractivity contribution in [3.63, 3.8) is 0 Å². The fourth-order valence-electron chi connectivity index (χ4n) is 3.10. The van der Waals surface area contributed by atoms with Crippen LogP contribution in [0.4, 0.5) is 11.4 Å². The Morgan fingerprint density at radius 1 is 1.00 bits per heavy atom. The summed E-state index contributed by atoms with van der Waals surface area (Å²) in [5, 5.41) is 0.425. The number of rotatable bonds is 7. The van der Waals surface area contributed by atoms with Crippen LogP contribution in [0.15, 0.2) is 71.7 Å². The Bertz CT molecular complexity index is 1170. The summed E-state index contributed by atoms with van der Waals surface area (Å²) >= 11 is 6.37. The molecule has 0 atom stereocenters. The molecule has 3 aromatic rings. The number of nitrogens with zero attached hydrogens (tertiary/aromatic N) is 2. The highest BCUT2D eigenvalue weighted by atomic mass is 35.5. The molecular weight excluding hydrogens is 440 g/mol. The second-order valence-electron chi connectivity index (χ2n) is 7.51. The number of aliphatic imine (C=N–C) groups is 1. The average Bonchev–Trinajstić information content (AvgIpc) is 2.78. The van der Waals surface area contributed by atoms with E-state index < -0.39 is 5.97 Å². The predicted molar refractivity (Wildman–Crippen MR) is 131 cm³/mol. The third-order valence-corrected chi connectivity index (χ3v) is 5.35. The largest absolute Gasteiger partial charge is 0.423 e. The van der Waals surface area contributed by atoms with Crippen molar-refractivity contribution in [3.05, 3.63) is 88.4 Å². The van der Waals surface area contributed by atoms with Crippen molar-refractivity contribution in [3.8, 4) is 5.75 Å². The van der Waals surface area contributed by atoms with E-state index in [1.165, 1.54) is 0 Å². The highest BCUT2D eigenvalue weighted by molar-refractivity contribution is 6.31. The van der Waals surface area contributed by atoms with Gasteiger partial charge in [-0.15, -0.1) is 0 Å². The minimum absolute atomic E-state index is 0.0189. The van der Waals surface area contributed by atoms with Gasteiger partial charge in [-0.25, -0.2) is 9.79 Å².